The molecule has 0 spiro atoms. The highest BCUT2D eigenvalue weighted by atomic mass is 16.6. The van der Waals surface area contributed by atoms with Crippen molar-refractivity contribution < 1.29 is 19.7 Å². The Hall–Kier alpha value is -3.27. The second-order valence-corrected chi connectivity index (χ2v) is 8.01. The van der Waals surface area contributed by atoms with Crippen molar-refractivity contribution in [3.63, 3.8) is 0 Å². The average molecular weight is 421 g/mol. The molecule has 3 aromatic heterocycles. The van der Waals surface area contributed by atoms with Gasteiger partial charge >= 0.3 is 0 Å². The van der Waals surface area contributed by atoms with Crippen molar-refractivity contribution in [3.8, 4) is 5.75 Å². The number of anilines is 1. The summed E-state index contributed by atoms with van der Waals surface area (Å²) in [5.41, 5.74) is 6.41. The van der Waals surface area contributed by atoms with Crippen molar-refractivity contribution in [2.75, 3.05) is 12.3 Å². The Morgan fingerprint density at radius 2 is 2.03 bits per heavy atom. The van der Waals surface area contributed by atoms with Crippen LogP contribution in [0.25, 0.3) is 21.9 Å². The number of aryl methyl sites for hydroxylation is 1. The van der Waals surface area contributed by atoms with Crippen molar-refractivity contribution >= 4 is 27.8 Å². The van der Waals surface area contributed by atoms with E-state index in [9.17, 15) is 10.2 Å². The van der Waals surface area contributed by atoms with Crippen LogP contribution in [-0.4, -0.2) is 54.1 Å². The van der Waals surface area contributed by atoms with E-state index in [0.29, 0.717) is 22.7 Å². The summed E-state index contributed by atoms with van der Waals surface area (Å²) in [5.74, 6) is 0.994. The minimum atomic E-state index is -1.52. The lowest BCUT2D eigenvalue weighted by molar-refractivity contribution is -0.0765. The molecule has 0 amide bonds. The molecule has 9 nitrogen and oxygen atoms in total. The van der Waals surface area contributed by atoms with E-state index in [2.05, 4.69) is 15.0 Å². The first kappa shape index (κ1) is 19.7. The van der Waals surface area contributed by atoms with Gasteiger partial charge in [-0.25, -0.2) is 15.0 Å². The van der Waals surface area contributed by atoms with Gasteiger partial charge in [0.05, 0.1) is 11.2 Å². The molecule has 4 N–H and O–H groups in total. The highest BCUT2D eigenvalue weighted by molar-refractivity contribution is 5.81. The van der Waals surface area contributed by atoms with Crippen molar-refractivity contribution in [2.24, 2.45) is 0 Å². The summed E-state index contributed by atoms with van der Waals surface area (Å²) in [4.78, 5) is 12.8. The third-order valence-electron chi connectivity index (χ3n) is 5.89. The molecule has 4 aromatic rings. The highest BCUT2D eigenvalue weighted by Gasteiger charge is 2.53. The van der Waals surface area contributed by atoms with Gasteiger partial charge in [0.25, 0.3) is 0 Å². The van der Waals surface area contributed by atoms with E-state index in [-0.39, 0.29) is 6.61 Å². The number of rotatable bonds is 4. The number of benzene rings is 1. The molecule has 1 fully saturated rings. The minimum Gasteiger partial charge on any atom is -0.491 e. The lowest BCUT2D eigenvalue weighted by atomic mass is 9.95. The van der Waals surface area contributed by atoms with E-state index in [1.807, 2.05) is 31.2 Å². The molecule has 160 valence electrons. The first-order valence-electron chi connectivity index (χ1n) is 9.98. The van der Waals surface area contributed by atoms with Crippen molar-refractivity contribution in [2.45, 2.75) is 37.9 Å². The molecule has 5 rings (SSSR count). The number of nitrogen functional groups attached to an aromatic ring is 1. The van der Waals surface area contributed by atoms with Gasteiger partial charge in [-0.15, -0.1) is 0 Å². The van der Waals surface area contributed by atoms with Crippen molar-refractivity contribution in [3.05, 3.63) is 54.6 Å². The first-order valence-corrected chi connectivity index (χ1v) is 9.98. The smallest absolute Gasteiger partial charge is 0.164 e. The van der Waals surface area contributed by atoms with E-state index < -0.39 is 24.0 Å². The lowest BCUT2D eigenvalue weighted by Crippen LogP contribution is -2.47. The lowest BCUT2D eigenvalue weighted by Gasteiger charge is -2.26. The maximum Gasteiger partial charge on any atom is 0.164 e. The average Bonchev–Trinajstić information content (AvgIpc) is 3.26. The van der Waals surface area contributed by atoms with Crippen molar-refractivity contribution in [1.29, 1.82) is 0 Å². The number of aliphatic hydroxyl groups is 2. The largest absolute Gasteiger partial charge is 0.491 e. The maximum absolute atomic E-state index is 11.0. The Bertz CT molecular complexity index is 1270. The fourth-order valence-electron chi connectivity index (χ4n) is 3.96. The van der Waals surface area contributed by atoms with Gasteiger partial charge in [-0.05, 0) is 44.2 Å². The fourth-order valence-corrected chi connectivity index (χ4v) is 3.96. The number of hydrogen-bond acceptors (Lipinski definition) is 8. The minimum absolute atomic E-state index is 0.0432. The molecule has 4 atom stereocenters. The van der Waals surface area contributed by atoms with Crippen LogP contribution >= 0.6 is 0 Å². The number of aromatic nitrogens is 4. The van der Waals surface area contributed by atoms with Gasteiger partial charge in [0.2, 0.25) is 0 Å². The summed E-state index contributed by atoms with van der Waals surface area (Å²) in [6.45, 7) is 3.47. The Balaban J connectivity index is 1.38. The molecule has 0 aliphatic carbocycles. The van der Waals surface area contributed by atoms with Crippen LogP contribution in [0.15, 0.2) is 48.9 Å². The predicted molar refractivity (Wildman–Crippen MR) is 114 cm³/mol. The second-order valence-electron chi connectivity index (χ2n) is 8.01. The van der Waals surface area contributed by atoms with Gasteiger partial charge < -0.3 is 30.0 Å². The summed E-state index contributed by atoms with van der Waals surface area (Å²) < 4.78 is 13.6. The summed E-state index contributed by atoms with van der Waals surface area (Å²) in [7, 11) is 0. The Labute approximate surface area is 178 Å². The third kappa shape index (κ3) is 3.27. The number of aliphatic hydroxyl groups excluding tert-OH is 1. The quantitative estimate of drug-likeness (QED) is 0.456. The summed E-state index contributed by atoms with van der Waals surface area (Å²) in [5, 5.41) is 23.6. The maximum atomic E-state index is 11.0. The molecule has 4 heterocycles. The van der Waals surface area contributed by atoms with Gasteiger partial charge in [-0.2, -0.15) is 0 Å². The molecule has 1 aliphatic rings. The molecule has 0 bridgehead atoms. The molecule has 1 saturated heterocycles. The Morgan fingerprint density at radius 1 is 1.23 bits per heavy atom. The van der Waals surface area contributed by atoms with Crippen LogP contribution in [-0.2, 0) is 4.74 Å². The standard InChI is InChI=1S/C22H23N5O4/c1-12-15-7-8-27(20(15)25-11-24-12)21-19(28)22(2,29)17(31-21)10-30-14-5-3-13-4-6-18(23)26-16(13)9-14/h3-9,11,17,19,21,28-29H,10H2,1-2H3,(H2,23,26)/t17-,19+,21-,22-/m1/s1. The van der Waals surface area contributed by atoms with Gasteiger partial charge in [-0.3, -0.25) is 0 Å². The number of ether oxygens (including phenoxy) is 2. The monoisotopic (exact) mass is 421 g/mol. The van der Waals surface area contributed by atoms with E-state index in [1.54, 1.807) is 29.8 Å². The van der Waals surface area contributed by atoms with Crippen LogP contribution in [0.5, 0.6) is 5.75 Å². The molecule has 0 unspecified atom stereocenters. The molecule has 1 aliphatic heterocycles. The molecule has 0 radical (unpaired) electrons. The molecule has 0 saturated carbocycles. The van der Waals surface area contributed by atoms with Gasteiger partial charge in [0.15, 0.2) is 6.23 Å². The Morgan fingerprint density at radius 3 is 2.87 bits per heavy atom. The highest BCUT2D eigenvalue weighted by Crippen LogP contribution is 2.39. The topological polar surface area (TPSA) is 129 Å². The third-order valence-corrected chi connectivity index (χ3v) is 5.89. The normalized spacial score (nSPS) is 26.0. The second kappa shape index (κ2) is 7.16. The summed E-state index contributed by atoms with van der Waals surface area (Å²) in [6, 6.07) is 11.0. The van der Waals surface area contributed by atoms with Crippen LogP contribution in [0.2, 0.25) is 0 Å². The summed E-state index contributed by atoms with van der Waals surface area (Å²) in [6.07, 6.45) is 0.490. The molecular weight excluding hydrogens is 398 g/mol. The molecule has 31 heavy (non-hydrogen) atoms. The van der Waals surface area contributed by atoms with E-state index >= 15 is 0 Å². The first-order chi connectivity index (χ1) is 14.8. The number of nitrogens with two attached hydrogens (primary N) is 1. The van der Waals surface area contributed by atoms with Gasteiger partial charge in [0, 0.05) is 23.0 Å². The summed E-state index contributed by atoms with van der Waals surface area (Å²) >= 11 is 0. The van der Waals surface area contributed by atoms with E-state index in [4.69, 9.17) is 15.2 Å². The van der Waals surface area contributed by atoms with Crippen molar-refractivity contribution in [1.82, 2.24) is 19.5 Å². The van der Waals surface area contributed by atoms with Crippen LogP contribution in [0.3, 0.4) is 0 Å². The zero-order chi connectivity index (χ0) is 21.8. The fraction of sp³-hybridized carbons (Fsp3) is 0.318. The van der Waals surface area contributed by atoms with Crippen LogP contribution < -0.4 is 10.5 Å². The number of nitrogens with zero attached hydrogens (tertiary/aromatic N) is 4. The van der Waals surface area contributed by atoms with Gasteiger partial charge in [-0.1, -0.05) is 0 Å². The predicted octanol–water partition coefficient (Wildman–Crippen LogP) is 1.96. The number of hydrogen-bond donors (Lipinski definition) is 3. The van der Waals surface area contributed by atoms with Crippen LogP contribution in [0.4, 0.5) is 5.82 Å². The zero-order valence-corrected chi connectivity index (χ0v) is 17.1. The van der Waals surface area contributed by atoms with Crippen LogP contribution in [0.1, 0.15) is 18.8 Å². The Kier molecular flexibility index (Phi) is 4.54. The van der Waals surface area contributed by atoms with E-state index in [0.717, 1.165) is 16.5 Å². The zero-order valence-electron chi connectivity index (χ0n) is 17.1. The number of pyridine rings is 1. The molecule has 1 aromatic carbocycles. The number of fused-ring (bicyclic) bond motifs is 2. The molecule has 9 heteroatoms. The molecular formula is C22H23N5O4. The van der Waals surface area contributed by atoms with Crippen LogP contribution in [0, 0.1) is 6.92 Å². The van der Waals surface area contributed by atoms with E-state index in [1.165, 1.54) is 6.33 Å². The van der Waals surface area contributed by atoms with Gasteiger partial charge in [0.1, 0.15) is 48.0 Å². The SMILES string of the molecule is Cc1ncnc2c1ccn2[C@@H]1O[C@H](COc2ccc3ccc(N)nc3c2)[C@@](C)(O)[C@H]1O.